The van der Waals surface area contributed by atoms with Crippen LogP contribution in [-0.4, -0.2) is 22.1 Å². The van der Waals surface area contributed by atoms with Gasteiger partial charge in [0.2, 0.25) is 0 Å². The largest absolute Gasteiger partial charge is 0.416 e. The Morgan fingerprint density at radius 1 is 0.969 bits per heavy atom. The molecular weight excluding hydrogens is 411 g/mol. The predicted molar refractivity (Wildman–Crippen MR) is 121 cm³/mol. The monoisotopic (exact) mass is 441 g/mol. The molecule has 0 aliphatic heterocycles. The maximum atomic E-state index is 13.0. The second kappa shape index (κ2) is 8.22. The Morgan fingerprint density at radius 2 is 1.72 bits per heavy atom. The van der Waals surface area contributed by atoms with Crippen molar-refractivity contribution in [2.75, 3.05) is 6.54 Å². The van der Waals surface area contributed by atoms with Crippen molar-refractivity contribution in [2.45, 2.75) is 70.6 Å². The molecule has 3 nitrogen and oxygen atoms in total. The molecule has 1 N–H and O–H groups in total. The van der Waals surface area contributed by atoms with E-state index in [1.54, 1.807) is 6.07 Å². The molecule has 0 spiro atoms. The van der Waals surface area contributed by atoms with E-state index in [-0.39, 0.29) is 0 Å². The van der Waals surface area contributed by atoms with Gasteiger partial charge in [0.05, 0.1) is 16.6 Å². The number of hydrogen-bond donors (Lipinski definition) is 1. The minimum Gasteiger partial charge on any atom is -0.325 e. The molecule has 3 aromatic rings. The van der Waals surface area contributed by atoms with Crippen molar-refractivity contribution < 1.29 is 13.2 Å². The highest BCUT2D eigenvalue weighted by atomic mass is 19.4. The molecule has 170 valence electrons. The van der Waals surface area contributed by atoms with Gasteiger partial charge in [0.15, 0.2) is 0 Å². The number of nitrogens with one attached hydrogen (secondary N) is 1. The Bertz CT molecular complexity index is 1120. The van der Waals surface area contributed by atoms with Crippen LogP contribution in [0.25, 0.3) is 11.0 Å². The van der Waals surface area contributed by atoms with Gasteiger partial charge in [0.1, 0.15) is 5.82 Å². The van der Waals surface area contributed by atoms with Gasteiger partial charge in [-0.2, -0.15) is 13.2 Å². The topological polar surface area (TPSA) is 29.9 Å². The van der Waals surface area contributed by atoms with Gasteiger partial charge >= 0.3 is 6.18 Å². The summed E-state index contributed by atoms with van der Waals surface area (Å²) < 4.78 is 41.4. The molecule has 1 unspecified atom stereocenters. The van der Waals surface area contributed by atoms with Gasteiger partial charge in [-0.1, -0.05) is 12.1 Å². The lowest BCUT2D eigenvalue weighted by Crippen LogP contribution is -2.37. The van der Waals surface area contributed by atoms with Crippen LogP contribution in [-0.2, 0) is 19.0 Å². The predicted octanol–water partition coefficient (Wildman–Crippen LogP) is 6.16. The third kappa shape index (κ3) is 4.17. The lowest BCUT2D eigenvalue weighted by Gasteiger charge is -2.31. The fourth-order valence-electron chi connectivity index (χ4n) is 5.69. The summed E-state index contributed by atoms with van der Waals surface area (Å²) in [6, 6.07) is 11.7. The van der Waals surface area contributed by atoms with Crippen molar-refractivity contribution in [3.05, 3.63) is 64.5 Å². The molecular formula is C26H30F3N3. The lowest BCUT2D eigenvalue weighted by molar-refractivity contribution is -0.137. The average molecular weight is 442 g/mol. The van der Waals surface area contributed by atoms with Gasteiger partial charge in [0, 0.05) is 12.1 Å². The van der Waals surface area contributed by atoms with Crippen LogP contribution in [0.4, 0.5) is 13.2 Å². The highest BCUT2D eigenvalue weighted by Crippen LogP contribution is 2.36. The number of hydrogen-bond acceptors (Lipinski definition) is 2. The molecule has 6 heteroatoms. The quantitative estimate of drug-likeness (QED) is 0.525. The van der Waals surface area contributed by atoms with Crippen LogP contribution >= 0.6 is 0 Å². The first-order chi connectivity index (χ1) is 15.3. The van der Waals surface area contributed by atoms with Crippen molar-refractivity contribution in [1.29, 1.82) is 0 Å². The second-order valence-corrected chi connectivity index (χ2v) is 9.69. The summed E-state index contributed by atoms with van der Waals surface area (Å²) in [7, 11) is 0. The van der Waals surface area contributed by atoms with Crippen LogP contribution in [0.3, 0.4) is 0 Å². The van der Waals surface area contributed by atoms with Crippen LogP contribution in [0, 0.1) is 19.8 Å². The Balaban J connectivity index is 1.16. The molecule has 1 heterocycles. The molecule has 2 aliphatic carbocycles. The molecule has 0 saturated heterocycles. The summed E-state index contributed by atoms with van der Waals surface area (Å²) >= 11 is 0. The molecule has 0 amide bonds. The highest BCUT2D eigenvalue weighted by molar-refractivity contribution is 5.77. The average Bonchev–Trinajstić information content (AvgIpc) is 3.30. The van der Waals surface area contributed by atoms with Gasteiger partial charge in [-0.15, -0.1) is 0 Å². The van der Waals surface area contributed by atoms with Crippen molar-refractivity contribution in [1.82, 2.24) is 14.9 Å². The first-order valence-electron chi connectivity index (χ1n) is 11.7. The van der Waals surface area contributed by atoms with Crippen LogP contribution in [0.5, 0.6) is 0 Å². The Hall–Kier alpha value is -2.34. The molecule has 5 rings (SSSR count). The molecule has 1 fully saturated rings. The molecule has 2 aliphatic rings. The number of imidazole rings is 1. The summed E-state index contributed by atoms with van der Waals surface area (Å²) in [5, 5.41) is 3.72. The van der Waals surface area contributed by atoms with Crippen LogP contribution < -0.4 is 5.32 Å². The number of aromatic nitrogens is 2. The summed E-state index contributed by atoms with van der Waals surface area (Å²) in [6.45, 7) is 5.07. The molecule has 0 radical (unpaired) electrons. The number of halogens is 3. The van der Waals surface area contributed by atoms with E-state index in [0.29, 0.717) is 18.0 Å². The van der Waals surface area contributed by atoms with Gasteiger partial charge in [0.25, 0.3) is 0 Å². The van der Waals surface area contributed by atoms with E-state index in [1.807, 2.05) is 0 Å². The SMILES string of the molecule is Cc1ccc2c(c1)nc(C)n2C1CCC(NCC2Cc3ccc(C(F)(F)F)cc3C2)CC1. The number of rotatable bonds is 4. The minimum absolute atomic E-state index is 0.384. The van der Waals surface area contributed by atoms with Gasteiger partial charge in [-0.25, -0.2) is 4.98 Å². The Kier molecular flexibility index (Phi) is 5.52. The highest BCUT2D eigenvalue weighted by Gasteiger charge is 2.33. The first-order valence-corrected chi connectivity index (χ1v) is 11.7. The zero-order valence-electron chi connectivity index (χ0n) is 18.7. The van der Waals surface area contributed by atoms with Crippen molar-refractivity contribution >= 4 is 11.0 Å². The fourth-order valence-corrected chi connectivity index (χ4v) is 5.69. The lowest BCUT2D eigenvalue weighted by atomic mass is 9.90. The molecule has 1 atom stereocenters. The number of nitrogens with zero attached hydrogens (tertiary/aromatic N) is 2. The van der Waals surface area contributed by atoms with Crippen molar-refractivity contribution in [3.8, 4) is 0 Å². The van der Waals surface area contributed by atoms with Crippen LogP contribution in [0.1, 0.15) is 59.8 Å². The number of alkyl halides is 3. The zero-order valence-corrected chi connectivity index (χ0v) is 18.7. The van der Waals surface area contributed by atoms with Crippen LogP contribution in [0.15, 0.2) is 36.4 Å². The summed E-state index contributed by atoms with van der Waals surface area (Å²) in [5.74, 6) is 1.47. The van der Waals surface area contributed by atoms with Crippen molar-refractivity contribution in [2.24, 2.45) is 5.92 Å². The van der Waals surface area contributed by atoms with E-state index in [4.69, 9.17) is 4.98 Å². The van der Waals surface area contributed by atoms with E-state index in [2.05, 4.69) is 41.9 Å². The summed E-state index contributed by atoms with van der Waals surface area (Å²) in [4.78, 5) is 4.77. The standard InChI is InChI=1S/C26H30F3N3/c1-16-3-10-25-24(11-16)31-17(2)32(25)23-8-6-22(7-9-23)30-15-18-12-19-4-5-21(26(27,28)29)14-20(19)13-18/h3-5,10-11,14,18,22-23,30H,6-9,12-13,15H2,1-2H3. The Labute approximate surface area is 187 Å². The molecule has 1 aromatic heterocycles. The third-order valence-corrected chi connectivity index (χ3v) is 7.33. The molecule has 32 heavy (non-hydrogen) atoms. The minimum atomic E-state index is -4.26. The van der Waals surface area contributed by atoms with E-state index < -0.39 is 11.7 Å². The third-order valence-electron chi connectivity index (χ3n) is 7.33. The number of aryl methyl sites for hydroxylation is 2. The fraction of sp³-hybridized carbons (Fsp3) is 0.500. The van der Waals surface area contributed by atoms with Crippen LogP contribution in [0.2, 0.25) is 0 Å². The van der Waals surface area contributed by atoms with E-state index in [0.717, 1.165) is 67.5 Å². The molecule has 2 aromatic carbocycles. The van der Waals surface area contributed by atoms with E-state index in [1.165, 1.54) is 23.2 Å². The number of benzene rings is 2. The maximum Gasteiger partial charge on any atom is 0.416 e. The van der Waals surface area contributed by atoms with E-state index >= 15 is 0 Å². The first kappa shape index (κ1) is 21.5. The van der Waals surface area contributed by atoms with Gasteiger partial charge in [-0.3, -0.25) is 0 Å². The second-order valence-electron chi connectivity index (χ2n) is 9.69. The van der Waals surface area contributed by atoms with Gasteiger partial charge in [-0.05, 0) is 106 Å². The normalized spacial score (nSPS) is 23.6. The Morgan fingerprint density at radius 3 is 2.47 bits per heavy atom. The van der Waals surface area contributed by atoms with Gasteiger partial charge < -0.3 is 9.88 Å². The smallest absolute Gasteiger partial charge is 0.325 e. The molecule has 0 bridgehead atoms. The summed E-state index contributed by atoms with van der Waals surface area (Å²) in [5.41, 5.74) is 4.96. The maximum absolute atomic E-state index is 13.0. The number of fused-ring (bicyclic) bond motifs is 2. The zero-order chi connectivity index (χ0) is 22.5. The van der Waals surface area contributed by atoms with Crippen molar-refractivity contribution in [3.63, 3.8) is 0 Å². The van der Waals surface area contributed by atoms with E-state index in [9.17, 15) is 13.2 Å². The summed E-state index contributed by atoms with van der Waals surface area (Å²) in [6.07, 6.45) is 1.83. The molecule has 1 saturated carbocycles.